The SMILES string of the molecule is CC1(O)CCC(Nc2cc(Nc3ccnc(-c4cnn(S(=O)(=O)C5CC5)c4)n3)ncc2-c2ccc(S(C)(=O)=O)cn2)CC1. The Balaban J connectivity index is 1.27. The summed E-state index contributed by atoms with van der Waals surface area (Å²) in [6, 6.07) is 6.78. The van der Waals surface area contributed by atoms with E-state index < -0.39 is 25.5 Å². The number of pyridine rings is 2. The van der Waals surface area contributed by atoms with E-state index in [-0.39, 0.29) is 16.2 Å². The Labute approximate surface area is 249 Å². The van der Waals surface area contributed by atoms with Gasteiger partial charge in [-0.2, -0.15) is 9.19 Å². The van der Waals surface area contributed by atoms with Crippen molar-refractivity contribution in [2.45, 2.75) is 67.2 Å². The van der Waals surface area contributed by atoms with E-state index >= 15 is 0 Å². The third kappa shape index (κ3) is 6.53. The van der Waals surface area contributed by atoms with Crippen molar-refractivity contribution in [3.8, 4) is 22.6 Å². The maximum atomic E-state index is 12.5. The van der Waals surface area contributed by atoms with Gasteiger partial charge in [0.25, 0.3) is 10.0 Å². The Bertz CT molecular complexity index is 1860. The average molecular weight is 625 g/mol. The molecule has 6 rings (SSSR count). The second-order valence-electron chi connectivity index (χ2n) is 11.4. The number of hydrogen-bond acceptors (Lipinski definition) is 12. The number of aliphatic hydroxyl groups is 1. The minimum atomic E-state index is -3.50. The predicted molar refractivity (Wildman–Crippen MR) is 161 cm³/mol. The van der Waals surface area contributed by atoms with Gasteiger partial charge in [-0.3, -0.25) is 4.98 Å². The fraction of sp³-hybridized carbons (Fsp3) is 0.393. The van der Waals surface area contributed by atoms with Gasteiger partial charge in [0, 0.05) is 48.2 Å². The molecule has 0 aliphatic heterocycles. The van der Waals surface area contributed by atoms with Crippen LogP contribution in [0.5, 0.6) is 0 Å². The van der Waals surface area contributed by atoms with E-state index in [1.807, 2.05) is 13.0 Å². The van der Waals surface area contributed by atoms with Crippen LogP contribution in [0.4, 0.5) is 17.3 Å². The van der Waals surface area contributed by atoms with Gasteiger partial charge in [0.15, 0.2) is 15.7 Å². The van der Waals surface area contributed by atoms with Crippen molar-refractivity contribution in [1.29, 1.82) is 0 Å². The van der Waals surface area contributed by atoms with Crippen molar-refractivity contribution in [2.24, 2.45) is 0 Å². The number of anilines is 3. The van der Waals surface area contributed by atoms with Crippen LogP contribution < -0.4 is 10.6 Å². The molecule has 0 unspecified atom stereocenters. The van der Waals surface area contributed by atoms with E-state index in [9.17, 15) is 21.9 Å². The van der Waals surface area contributed by atoms with Crippen LogP contribution in [-0.2, 0) is 19.9 Å². The van der Waals surface area contributed by atoms with E-state index in [2.05, 4.69) is 35.7 Å². The molecule has 0 radical (unpaired) electrons. The molecule has 15 heteroatoms. The number of aromatic nitrogens is 6. The van der Waals surface area contributed by atoms with Crippen LogP contribution in [0.2, 0.25) is 0 Å². The minimum absolute atomic E-state index is 0.110. The maximum Gasteiger partial charge on any atom is 0.256 e. The molecule has 0 aromatic carbocycles. The Morgan fingerprint density at radius 1 is 0.953 bits per heavy atom. The standard InChI is InChI=1S/C28H32N8O5S2/c1-28(37)10-7-19(8-11-28)33-24-13-26(31-16-22(24)23-6-5-21(15-30-23)42(2,38)39)34-25-9-12-29-27(35-25)18-14-32-36(17-18)43(40,41)20-3-4-20/h5-6,9,12-17,19-20,37H,3-4,7-8,10-11H2,1-2H3,(H2,29,31,33,34,35). The molecule has 0 spiro atoms. The van der Waals surface area contributed by atoms with Crippen molar-refractivity contribution >= 4 is 37.2 Å². The second kappa shape index (κ2) is 11.0. The molecule has 4 heterocycles. The van der Waals surface area contributed by atoms with E-state index in [4.69, 9.17) is 0 Å². The van der Waals surface area contributed by atoms with Gasteiger partial charge >= 0.3 is 0 Å². The highest BCUT2D eigenvalue weighted by Crippen LogP contribution is 2.34. The Hall–Kier alpha value is -3.95. The first kappa shape index (κ1) is 29.1. The minimum Gasteiger partial charge on any atom is -0.390 e. The Morgan fingerprint density at radius 2 is 1.72 bits per heavy atom. The summed E-state index contributed by atoms with van der Waals surface area (Å²) >= 11 is 0. The number of sulfone groups is 1. The van der Waals surface area contributed by atoms with Gasteiger partial charge in [-0.1, -0.05) is 0 Å². The normalized spacial score (nSPS) is 21.0. The summed E-state index contributed by atoms with van der Waals surface area (Å²) in [5.74, 6) is 1.23. The Morgan fingerprint density at radius 3 is 2.40 bits per heavy atom. The molecular formula is C28H32N8O5S2. The summed E-state index contributed by atoms with van der Waals surface area (Å²) < 4.78 is 49.9. The topological polar surface area (TPSA) is 182 Å². The molecule has 2 aliphatic carbocycles. The zero-order chi connectivity index (χ0) is 30.4. The maximum absolute atomic E-state index is 12.5. The third-order valence-electron chi connectivity index (χ3n) is 7.70. The van der Waals surface area contributed by atoms with Crippen molar-refractivity contribution in [1.82, 2.24) is 29.1 Å². The van der Waals surface area contributed by atoms with Gasteiger partial charge in [0.05, 0.1) is 39.4 Å². The first-order valence-electron chi connectivity index (χ1n) is 13.9. The molecule has 43 heavy (non-hydrogen) atoms. The number of nitrogens with one attached hydrogen (secondary N) is 2. The molecular weight excluding hydrogens is 592 g/mol. The zero-order valence-corrected chi connectivity index (χ0v) is 25.3. The fourth-order valence-electron chi connectivity index (χ4n) is 4.99. The third-order valence-corrected chi connectivity index (χ3v) is 10.8. The van der Waals surface area contributed by atoms with Crippen molar-refractivity contribution in [3.63, 3.8) is 0 Å². The van der Waals surface area contributed by atoms with Crippen LogP contribution >= 0.6 is 0 Å². The summed E-state index contributed by atoms with van der Waals surface area (Å²) in [5, 5.41) is 20.8. The molecule has 2 aliphatic rings. The molecule has 4 aromatic rings. The summed E-state index contributed by atoms with van der Waals surface area (Å²) in [6.07, 6.45) is 12.7. The lowest BCUT2D eigenvalue weighted by atomic mass is 9.83. The molecule has 0 atom stereocenters. The highest BCUT2D eigenvalue weighted by Gasteiger charge is 2.37. The van der Waals surface area contributed by atoms with E-state index in [0.29, 0.717) is 60.0 Å². The first-order chi connectivity index (χ1) is 20.4. The van der Waals surface area contributed by atoms with Gasteiger partial charge < -0.3 is 15.7 Å². The molecule has 0 amide bonds. The van der Waals surface area contributed by atoms with Crippen LogP contribution in [0.3, 0.4) is 0 Å². The van der Waals surface area contributed by atoms with E-state index in [1.165, 1.54) is 24.7 Å². The van der Waals surface area contributed by atoms with Gasteiger partial charge in [0.1, 0.15) is 11.6 Å². The average Bonchev–Trinajstić information content (AvgIpc) is 3.71. The number of rotatable bonds is 9. The van der Waals surface area contributed by atoms with Crippen molar-refractivity contribution < 1.29 is 21.9 Å². The van der Waals surface area contributed by atoms with Crippen LogP contribution in [0.1, 0.15) is 45.4 Å². The quantitative estimate of drug-likeness (QED) is 0.247. The highest BCUT2D eigenvalue weighted by atomic mass is 32.2. The molecule has 226 valence electrons. The number of nitrogens with zero attached hydrogens (tertiary/aromatic N) is 6. The summed E-state index contributed by atoms with van der Waals surface area (Å²) in [5.41, 5.74) is 1.77. The van der Waals surface area contributed by atoms with Crippen LogP contribution in [0.15, 0.2) is 60.1 Å². The van der Waals surface area contributed by atoms with Crippen LogP contribution in [-0.4, -0.2) is 74.2 Å². The summed E-state index contributed by atoms with van der Waals surface area (Å²) in [7, 11) is -6.90. The lowest BCUT2D eigenvalue weighted by Crippen LogP contribution is -2.35. The lowest BCUT2D eigenvalue weighted by molar-refractivity contribution is 0.0196. The molecule has 0 bridgehead atoms. The predicted octanol–water partition coefficient (Wildman–Crippen LogP) is 3.39. The van der Waals surface area contributed by atoms with Gasteiger partial charge in [0.2, 0.25) is 0 Å². The van der Waals surface area contributed by atoms with Gasteiger partial charge in [-0.05, 0) is 63.6 Å². The number of hydrogen-bond donors (Lipinski definition) is 3. The highest BCUT2D eigenvalue weighted by molar-refractivity contribution is 7.91. The molecule has 0 saturated heterocycles. The second-order valence-corrected chi connectivity index (χ2v) is 15.5. The van der Waals surface area contributed by atoms with E-state index in [0.717, 1.165) is 28.9 Å². The van der Waals surface area contributed by atoms with Crippen molar-refractivity contribution in [3.05, 3.63) is 55.2 Å². The lowest BCUT2D eigenvalue weighted by Gasteiger charge is -2.34. The molecule has 2 fully saturated rings. The molecule has 2 saturated carbocycles. The monoisotopic (exact) mass is 624 g/mol. The summed E-state index contributed by atoms with van der Waals surface area (Å²) in [4.78, 5) is 17.9. The Kier molecular flexibility index (Phi) is 7.42. The molecule has 13 nitrogen and oxygen atoms in total. The van der Waals surface area contributed by atoms with Crippen LogP contribution in [0.25, 0.3) is 22.6 Å². The zero-order valence-electron chi connectivity index (χ0n) is 23.7. The first-order valence-corrected chi connectivity index (χ1v) is 17.3. The fourth-order valence-corrected chi connectivity index (χ4v) is 7.02. The smallest absolute Gasteiger partial charge is 0.256 e. The summed E-state index contributed by atoms with van der Waals surface area (Å²) in [6.45, 7) is 1.85. The van der Waals surface area contributed by atoms with Gasteiger partial charge in [-0.15, -0.1) is 0 Å². The van der Waals surface area contributed by atoms with Gasteiger partial charge in [-0.25, -0.2) is 31.8 Å². The van der Waals surface area contributed by atoms with Crippen LogP contribution in [0, 0.1) is 0 Å². The molecule has 3 N–H and O–H groups in total. The largest absolute Gasteiger partial charge is 0.390 e. The van der Waals surface area contributed by atoms with E-state index in [1.54, 1.807) is 24.5 Å². The van der Waals surface area contributed by atoms with Crippen molar-refractivity contribution in [2.75, 3.05) is 16.9 Å². The molecule has 4 aromatic heterocycles.